The molecule has 1 aromatic heterocycles. The lowest BCUT2D eigenvalue weighted by atomic mass is 10.1. The van der Waals surface area contributed by atoms with Crippen molar-refractivity contribution in [1.29, 1.82) is 0 Å². The molecule has 25 heavy (non-hydrogen) atoms. The first-order valence-electron chi connectivity index (χ1n) is 7.81. The fraction of sp³-hybridized carbons (Fsp3) is 0.389. The molecule has 0 aliphatic rings. The van der Waals surface area contributed by atoms with Gasteiger partial charge >= 0.3 is 17.7 Å². The van der Waals surface area contributed by atoms with Gasteiger partial charge in [0.2, 0.25) is 0 Å². The van der Waals surface area contributed by atoms with Crippen molar-refractivity contribution in [2.45, 2.75) is 46.3 Å². The molecule has 7 heteroatoms. The Morgan fingerprint density at radius 2 is 1.88 bits per heavy atom. The highest BCUT2D eigenvalue weighted by atomic mass is 16.6. The molecule has 134 valence electrons. The fourth-order valence-electron chi connectivity index (χ4n) is 2.12. The quantitative estimate of drug-likeness (QED) is 0.521. The van der Waals surface area contributed by atoms with Crippen LogP contribution in [0.4, 0.5) is 4.79 Å². The van der Waals surface area contributed by atoms with Crippen molar-refractivity contribution in [3.8, 4) is 5.75 Å². The van der Waals surface area contributed by atoms with Gasteiger partial charge < -0.3 is 19.2 Å². The second kappa shape index (κ2) is 6.96. The Labute approximate surface area is 144 Å². The van der Waals surface area contributed by atoms with Gasteiger partial charge in [-0.2, -0.15) is 0 Å². The van der Waals surface area contributed by atoms with Gasteiger partial charge in [0.25, 0.3) is 0 Å². The maximum absolute atomic E-state index is 12.1. The Balaban J connectivity index is 2.08. The second-order valence-electron chi connectivity index (χ2n) is 6.70. The summed E-state index contributed by atoms with van der Waals surface area (Å²) in [6, 6.07) is 5.23. The molecule has 2 rings (SSSR count). The van der Waals surface area contributed by atoms with Crippen molar-refractivity contribution >= 4 is 23.0 Å². The number of hydrogen-bond donors (Lipinski definition) is 1. The minimum Gasteiger partial charge on any atom is -0.444 e. The molecular weight excluding hydrogens is 326 g/mol. The van der Waals surface area contributed by atoms with Gasteiger partial charge in [0.15, 0.2) is 0 Å². The summed E-state index contributed by atoms with van der Waals surface area (Å²) in [5.41, 5.74) is -0.0536. The van der Waals surface area contributed by atoms with Crippen LogP contribution in [0.25, 0.3) is 11.0 Å². The molecule has 1 heterocycles. The van der Waals surface area contributed by atoms with E-state index in [-0.39, 0.29) is 5.75 Å². The largest absolute Gasteiger partial charge is 0.444 e. The Morgan fingerprint density at radius 3 is 2.52 bits per heavy atom. The molecular formula is C18H21NO6. The van der Waals surface area contributed by atoms with E-state index in [4.69, 9.17) is 13.9 Å². The lowest BCUT2D eigenvalue weighted by Gasteiger charge is -2.21. The number of carbonyl (C=O) groups excluding carboxylic acids is 2. The predicted molar refractivity (Wildman–Crippen MR) is 91.7 cm³/mol. The maximum atomic E-state index is 12.1. The molecule has 2 aromatic rings. The summed E-state index contributed by atoms with van der Waals surface area (Å²) in [6.45, 7) is 8.44. The first-order chi connectivity index (χ1) is 11.5. The number of esters is 1. The second-order valence-corrected chi connectivity index (χ2v) is 6.70. The number of aryl methyl sites for hydroxylation is 1. The highest BCUT2D eigenvalue weighted by Crippen LogP contribution is 2.22. The van der Waals surface area contributed by atoms with Crippen molar-refractivity contribution in [2.24, 2.45) is 0 Å². The summed E-state index contributed by atoms with van der Waals surface area (Å²) >= 11 is 0. The molecule has 0 fully saturated rings. The van der Waals surface area contributed by atoms with Crippen LogP contribution < -0.4 is 15.7 Å². The number of fused-ring (bicyclic) bond motifs is 1. The van der Waals surface area contributed by atoms with Crippen LogP contribution in [-0.4, -0.2) is 23.7 Å². The SMILES string of the molecule is Cc1cc(=O)oc2cc(OC(=O)C(C)NC(=O)OC(C)(C)C)ccc12. The van der Waals surface area contributed by atoms with Crippen molar-refractivity contribution in [1.82, 2.24) is 5.32 Å². The number of hydrogen-bond acceptors (Lipinski definition) is 6. The average molecular weight is 347 g/mol. The zero-order valence-corrected chi connectivity index (χ0v) is 14.8. The summed E-state index contributed by atoms with van der Waals surface area (Å²) in [7, 11) is 0. The first-order valence-corrected chi connectivity index (χ1v) is 7.81. The van der Waals surface area contributed by atoms with Gasteiger partial charge in [-0.1, -0.05) is 0 Å². The van der Waals surface area contributed by atoms with E-state index in [9.17, 15) is 14.4 Å². The van der Waals surface area contributed by atoms with E-state index in [1.807, 2.05) is 0 Å². The van der Waals surface area contributed by atoms with Gasteiger partial charge in [-0.15, -0.1) is 0 Å². The third-order valence-electron chi connectivity index (χ3n) is 3.23. The van der Waals surface area contributed by atoms with Crippen LogP contribution in [0, 0.1) is 6.92 Å². The number of rotatable bonds is 3. The number of amides is 1. The zero-order valence-electron chi connectivity index (χ0n) is 14.8. The van der Waals surface area contributed by atoms with Crippen LogP contribution >= 0.6 is 0 Å². The summed E-state index contributed by atoms with van der Waals surface area (Å²) in [5.74, 6) is -0.454. The Kier molecular flexibility index (Phi) is 5.15. The normalized spacial score (nSPS) is 12.5. The van der Waals surface area contributed by atoms with Gasteiger partial charge in [-0.3, -0.25) is 0 Å². The lowest BCUT2D eigenvalue weighted by Crippen LogP contribution is -2.43. The first kappa shape index (κ1) is 18.5. The molecule has 0 saturated carbocycles. The molecule has 0 radical (unpaired) electrons. The van der Waals surface area contributed by atoms with Crippen molar-refractivity contribution in [3.63, 3.8) is 0 Å². The molecule has 1 N–H and O–H groups in total. The van der Waals surface area contributed by atoms with Gasteiger partial charge in [-0.05, 0) is 52.3 Å². The van der Waals surface area contributed by atoms with Gasteiger partial charge in [-0.25, -0.2) is 14.4 Å². The summed E-state index contributed by atoms with van der Waals surface area (Å²) < 4.78 is 15.4. The molecule has 1 amide bonds. The van der Waals surface area contributed by atoms with Crippen LogP contribution in [0.2, 0.25) is 0 Å². The Morgan fingerprint density at radius 1 is 1.20 bits per heavy atom. The van der Waals surface area contributed by atoms with Crippen molar-refractivity contribution in [2.75, 3.05) is 0 Å². The topological polar surface area (TPSA) is 94.8 Å². The molecule has 1 aromatic carbocycles. The average Bonchev–Trinajstić information content (AvgIpc) is 2.44. The minimum atomic E-state index is -0.907. The van der Waals surface area contributed by atoms with Gasteiger partial charge in [0.05, 0.1) is 0 Å². The van der Waals surface area contributed by atoms with E-state index in [0.29, 0.717) is 5.58 Å². The van der Waals surface area contributed by atoms with Crippen molar-refractivity contribution < 1.29 is 23.5 Å². The third kappa shape index (κ3) is 5.07. The van der Waals surface area contributed by atoms with E-state index in [1.165, 1.54) is 19.1 Å². The summed E-state index contributed by atoms with van der Waals surface area (Å²) in [4.78, 5) is 35.2. The summed E-state index contributed by atoms with van der Waals surface area (Å²) in [6.07, 6.45) is -0.711. The lowest BCUT2D eigenvalue weighted by molar-refractivity contribution is -0.136. The molecule has 0 spiro atoms. The monoisotopic (exact) mass is 347 g/mol. The molecule has 1 atom stereocenters. The van der Waals surface area contributed by atoms with Gasteiger partial charge in [0.1, 0.15) is 23.0 Å². The zero-order chi connectivity index (χ0) is 18.8. The highest BCUT2D eigenvalue weighted by Gasteiger charge is 2.22. The minimum absolute atomic E-state index is 0.212. The number of carbonyl (C=O) groups is 2. The van der Waals surface area contributed by atoms with E-state index in [0.717, 1.165) is 10.9 Å². The standard InChI is InChI=1S/C18H21NO6/c1-10-8-15(20)24-14-9-12(6-7-13(10)14)23-16(21)11(2)19-17(22)25-18(3,4)5/h6-9,11H,1-5H3,(H,19,22). The molecule has 0 aliphatic heterocycles. The summed E-state index contributed by atoms with van der Waals surface area (Å²) in [5, 5.41) is 3.15. The molecule has 7 nitrogen and oxygen atoms in total. The smallest absolute Gasteiger partial charge is 0.408 e. The Bertz CT molecular complexity index is 862. The molecule has 0 saturated heterocycles. The van der Waals surface area contributed by atoms with Crippen LogP contribution in [0.15, 0.2) is 33.5 Å². The van der Waals surface area contributed by atoms with Gasteiger partial charge in [0, 0.05) is 17.5 Å². The molecule has 1 unspecified atom stereocenters. The van der Waals surface area contributed by atoms with Crippen LogP contribution in [-0.2, 0) is 9.53 Å². The van der Waals surface area contributed by atoms with Crippen LogP contribution in [0.5, 0.6) is 5.75 Å². The van der Waals surface area contributed by atoms with E-state index < -0.39 is 29.3 Å². The van der Waals surface area contributed by atoms with Crippen LogP contribution in [0.1, 0.15) is 33.3 Å². The molecule has 0 aliphatic carbocycles. The number of nitrogens with one attached hydrogen (secondary N) is 1. The number of ether oxygens (including phenoxy) is 2. The van der Waals surface area contributed by atoms with E-state index in [1.54, 1.807) is 39.8 Å². The fourth-order valence-corrected chi connectivity index (χ4v) is 2.12. The number of benzene rings is 1. The van der Waals surface area contributed by atoms with Crippen molar-refractivity contribution in [3.05, 3.63) is 40.2 Å². The van der Waals surface area contributed by atoms with E-state index in [2.05, 4.69) is 5.32 Å². The highest BCUT2D eigenvalue weighted by molar-refractivity contribution is 5.85. The predicted octanol–water partition coefficient (Wildman–Crippen LogP) is 2.92. The van der Waals surface area contributed by atoms with E-state index >= 15 is 0 Å². The molecule has 0 bridgehead atoms. The van der Waals surface area contributed by atoms with Crippen LogP contribution in [0.3, 0.4) is 0 Å². The third-order valence-corrected chi connectivity index (χ3v) is 3.23. The maximum Gasteiger partial charge on any atom is 0.408 e. The number of alkyl carbamates (subject to hydrolysis) is 1. The Hall–Kier alpha value is -2.83.